The molecule has 0 fully saturated rings. The van der Waals surface area contributed by atoms with Gasteiger partial charge in [0.25, 0.3) is 5.91 Å². The van der Waals surface area contributed by atoms with Gasteiger partial charge < -0.3 is 10.1 Å². The van der Waals surface area contributed by atoms with E-state index in [2.05, 4.69) is 10.3 Å². The second kappa shape index (κ2) is 6.82. The highest BCUT2D eigenvalue weighted by Crippen LogP contribution is 2.29. The molecule has 0 unspecified atom stereocenters. The number of nitrogens with zero attached hydrogens (tertiary/aromatic N) is 2. The molecule has 4 rings (SSSR count). The first-order valence-corrected chi connectivity index (χ1v) is 9.08. The molecule has 2 heterocycles. The Hall–Kier alpha value is -2.83. The third-order valence-corrected chi connectivity index (χ3v) is 5.00. The van der Waals surface area contributed by atoms with Crippen LogP contribution in [0.5, 0.6) is 5.75 Å². The summed E-state index contributed by atoms with van der Waals surface area (Å²) < 4.78 is 7.07. The summed E-state index contributed by atoms with van der Waals surface area (Å²) in [5.41, 5.74) is 2.85. The standard InChI is InChI=1S/C19H14ClN3O2S/c1-25-17-8-7-13(20)9-14(17)21-18(24)16-11-26-19-22-15(10-23(16)19)12-5-3-2-4-6-12/h2-11H,1H3,(H,21,24). The zero-order valence-electron chi connectivity index (χ0n) is 13.8. The Kier molecular flexibility index (Phi) is 4.36. The van der Waals surface area contributed by atoms with E-state index in [0.717, 1.165) is 16.2 Å². The van der Waals surface area contributed by atoms with Crippen LogP contribution < -0.4 is 10.1 Å². The normalized spacial score (nSPS) is 10.8. The van der Waals surface area contributed by atoms with Crippen molar-refractivity contribution in [3.63, 3.8) is 0 Å². The lowest BCUT2D eigenvalue weighted by Crippen LogP contribution is -2.14. The van der Waals surface area contributed by atoms with Gasteiger partial charge in [-0.25, -0.2) is 4.98 Å². The molecule has 0 bridgehead atoms. The fourth-order valence-electron chi connectivity index (χ4n) is 2.66. The minimum Gasteiger partial charge on any atom is -0.495 e. The minimum absolute atomic E-state index is 0.256. The van der Waals surface area contributed by atoms with Gasteiger partial charge in [0.2, 0.25) is 0 Å². The van der Waals surface area contributed by atoms with Gasteiger partial charge in [0.15, 0.2) is 4.96 Å². The molecule has 2 aromatic heterocycles. The van der Waals surface area contributed by atoms with E-state index in [1.54, 1.807) is 35.1 Å². The van der Waals surface area contributed by atoms with Gasteiger partial charge in [-0.15, -0.1) is 11.3 Å². The van der Waals surface area contributed by atoms with E-state index in [-0.39, 0.29) is 5.91 Å². The Morgan fingerprint density at radius 1 is 1.23 bits per heavy atom. The molecule has 0 aliphatic carbocycles. The molecule has 1 amide bonds. The monoisotopic (exact) mass is 383 g/mol. The molecule has 26 heavy (non-hydrogen) atoms. The van der Waals surface area contributed by atoms with Crippen LogP contribution >= 0.6 is 22.9 Å². The van der Waals surface area contributed by atoms with Crippen molar-refractivity contribution in [1.82, 2.24) is 9.38 Å². The quantitative estimate of drug-likeness (QED) is 0.541. The number of nitrogens with one attached hydrogen (secondary N) is 1. The number of rotatable bonds is 4. The minimum atomic E-state index is -0.256. The van der Waals surface area contributed by atoms with E-state index in [0.29, 0.717) is 22.2 Å². The number of halogens is 1. The number of carbonyl (C=O) groups excluding carboxylic acids is 1. The predicted molar refractivity (Wildman–Crippen MR) is 104 cm³/mol. The summed E-state index contributed by atoms with van der Waals surface area (Å²) in [6, 6.07) is 14.9. The van der Waals surface area contributed by atoms with Gasteiger partial charge in [-0.2, -0.15) is 0 Å². The maximum atomic E-state index is 12.8. The van der Waals surface area contributed by atoms with Gasteiger partial charge in [0.05, 0.1) is 18.5 Å². The number of anilines is 1. The maximum absolute atomic E-state index is 12.8. The molecule has 2 aromatic carbocycles. The fourth-order valence-corrected chi connectivity index (χ4v) is 3.68. The molecule has 0 aliphatic rings. The molecular weight excluding hydrogens is 370 g/mol. The summed E-state index contributed by atoms with van der Waals surface area (Å²) in [6.45, 7) is 0. The number of carbonyl (C=O) groups is 1. The SMILES string of the molecule is COc1ccc(Cl)cc1NC(=O)c1csc2nc(-c3ccccc3)cn12. The van der Waals surface area contributed by atoms with Crippen LogP contribution in [0.15, 0.2) is 60.1 Å². The summed E-state index contributed by atoms with van der Waals surface area (Å²) in [4.78, 5) is 18.1. The van der Waals surface area contributed by atoms with Gasteiger partial charge in [-0.05, 0) is 18.2 Å². The molecule has 7 heteroatoms. The van der Waals surface area contributed by atoms with Crippen molar-refractivity contribution in [2.75, 3.05) is 12.4 Å². The second-order valence-electron chi connectivity index (χ2n) is 5.56. The number of methoxy groups -OCH3 is 1. The molecule has 0 saturated carbocycles. The number of hydrogen-bond acceptors (Lipinski definition) is 4. The number of aromatic nitrogens is 2. The Morgan fingerprint density at radius 2 is 2.04 bits per heavy atom. The van der Waals surface area contributed by atoms with Crippen molar-refractivity contribution < 1.29 is 9.53 Å². The first-order chi connectivity index (χ1) is 12.7. The van der Waals surface area contributed by atoms with E-state index < -0.39 is 0 Å². The number of ether oxygens (including phenoxy) is 1. The Bertz CT molecular complexity index is 1090. The average Bonchev–Trinajstić information content (AvgIpc) is 3.23. The summed E-state index contributed by atoms with van der Waals surface area (Å²) >= 11 is 7.44. The molecule has 1 N–H and O–H groups in total. The summed E-state index contributed by atoms with van der Waals surface area (Å²) in [6.07, 6.45) is 1.87. The highest BCUT2D eigenvalue weighted by Gasteiger charge is 2.17. The zero-order valence-corrected chi connectivity index (χ0v) is 15.3. The molecule has 0 aliphatic heterocycles. The molecule has 0 saturated heterocycles. The molecule has 0 atom stereocenters. The lowest BCUT2D eigenvalue weighted by Gasteiger charge is -2.10. The summed E-state index contributed by atoms with van der Waals surface area (Å²) in [5.74, 6) is 0.290. The van der Waals surface area contributed by atoms with Crippen LogP contribution in [0.2, 0.25) is 5.02 Å². The van der Waals surface area contributed by atoms with Crippen LogP contribution in [0, 0.1) is 0 Å². The van der Waals surface area contributed by atoms with Crippen LogP contribution in [0.25, 0.3) is 16.2 Å². The van der Waals surface area contributed by atoms with Crippen LogP contribution in [0.4, 0.5) is 5.69 Å². The van der Waals surface area contributed by atoms with E-state index >= 15 is 0 Å². The first-order valence-electron chi connectivity index (χ1n) is 7.82. The Labute approximate surface area is 158 Å². The van der Waals surface area contributed by atoms with Gasteiger partial charge in [-0.1, -0.05) is 41.9 Å². The molecule has 0 radical (unpaired) electrons. The average molecular weight is 384 g/mol. The van der Waals surface area contributed by atoms with Crippen molar-refractivity contribution in [2.24, 2.45) is 0 Å². The van der Waals surface area contributed by atoms with Crippen molar-refractivity contribution in [3.05, 3.63) is 70.8 Å². The van der Waals surface area contributed by atoms with Crippen molar-refractivity contribution >= 4 is 39.5 Å². The zero-order chi connectivity index (χ0) is 18.1. The Morgan fingerprint density at radius 3 is 2.81 bits per heavy atom. The number of imidazole rings is 1. The second-order valence-corrected chi connectivity index (χ2v) is 6.84. The summed E-state index contributed by atoms with van der Waals surface area (Å²) in [5, 5.41) is 5.16. The molecule has 130 valence electrons. The fraction of sp³-hybridized carbons (Fsp3) is 0.0526. The van der Waals surface area contributed by atoms with Crippen molar-refractivity contribution in [3.8, 4) is 17.0 Å². The van der Waals surface area contributed by atoms with Crippen LogP contribution in [-0.2, 0) is 0 Å². The number of fused-ring (bicyclic) bond motifs is 1. The highest BCUT2D eigenvalue weighted by atomic mass is 35.5. The number of hydrogen-bond donors (Lipinski definition) is 1. The van der Waals surface area contributed by atoms with Crippen molar-refractivity contribution in [2.45, 2.75) is 0 Å². The van der Waals surface area contributed by atoms with E-state index in [1.165, 1.54) is 11.3 Å². The molecule has 4 aromatic rings. The number of benzene rings is 2. The van der Waals surface area contributed by atoms with Gasteiger partial charge in [0, 0.05) is 22.2 Å². The van der Waals surface area contributed by atoms with Crippen molar-refractivity contribution in [1.29, 1.82) is 0 Å². The highest BCUT2D eigenvalue weighted by molar-refractivity contribution is 7.15. The third-order valence-electron chi connectivity index (χ3n) is 3.92. The first kappa shape index (κ1) is 16.6. The van der Waals surface area contributed by atoms with Gasteiger partial charge in [0.1, 0.15) is 11.4 Å². The van der Waals surface area contributed by atoms with E-state index in [9.17, 15) is 4.79 Å². The molecular formula is C19H14ClN3O2S. The number of amides is 1. The predicted octanol–water partition coefficient (Wildman–Crippen LogP) is 4.98. The lowest BCUT2D eigenvalue weighted by molar-refractivity contribution is 0.102. The Balaban J connectivity index is 1.68. The van der Waals surface area contributed by atoms with Crippen LogP contribution in [-0.4, -0.2) is 22.4 Å². The van der Waals surface area contributed by atoms with Gasteiger partial charge in [-0.3, -0.25) is 9.20 Å². The van der Waals surface area contributed by atoms with Crippen LogP contribution in [0.1, 0.15) is 10.5 Å². The summed E-state index contributed by atoms with van der Waals surface area (Å²) in [7, 11) is 1.55. The third kappa shape index (κ3) is 3.05. The van der Waals surface area contributed by atoms with Gasteiger partial charge >= 0.3 is 0 Å². The molecule has 0 spiro atoms. The largest absolute Gasteiger partial charge is 0.495 e. The topological polar surface area (TPSA) is 55.6 Å². The van der Waals surface area contributed by atoms with E-state index in [1.807, 2.05) is 36.5 Å². The van der Waals surface area contributed by atoms with Crippen LogP contribution in [0.3, 0.4) is 0 Å². The maximum Gasteiger partial charge on any atom is 0.273 e. The lowest BCUT2D eigenvalue weighted by atomic mass is 10.2. The molecule has 5 nitrogen and oxygen atoms in total. The number of thiazole rings is 1. The smallest absolute Gasteiger partial charge is 0.273 e. The van der Waals surface area contributed by atoms with E-state index in [4.69, 9.17) is 16.3 Å².